The van der Waals surface area contributed by atoms with Crippen LogP contribution in [-0.4, -0.2) is 27.2 Å². The molecule has 1 amide bonds. The summed E-state index contributed by atoms with van der Waals surface area (Å²) in [6.45, 7) is 3.41. The van der Waals surface area contributed by atoms with E-state index in [9.17, 15) is 19.3 Å². The van der Waals surface area contributed by atoms with Crippen molar-refractivity contribution in [1.29, 1.82) is 0 Å². The molecule has 2 aromatic rings. The molecular weight excluding hydrogens is 303 g/mol. The third-order valence-corrected chi connectivity index (χ3v) is 3.47. The number of nitrogens with one attached hydrogen (secondary N) is 1. The van der Waals surface area contributed by atoms with E-state index in [2.05, 4.69) is 10.4 Å². The summed E-state index contributed by atoms with van der Waals surface area (Å²) in [4.78, 5) is 22.3. The van der Waals surface area contributed by atoms with Crippen molar-refractivity contribution in [3.05, 3.63) is 57.1 Å². The van der Waals surface area contributed by atoms with Crippen molar-refractivity contribution in [2.24, 2.45) is 0 Å². The van der Waals surface area contributed by atoms with Gasteiger partial charge in [0.15, 0.2) is 0 Å². The second kappa shape index (κ2) is 6.99. The van der Waals surface area contributed by atoms with Gasteiger partial charge in [-0.15, -0.1) is 0 Å². The lowest BCUT2D eigenvalue weighted by Crippen LogP contribution is -2.30. The van der Waals surface area contributed by atoms with Crippen LogP contribution in [0.25, 0.3) is 0 Å². The predicted molar refractivity (Wildman–Crippen MR) is 81.5 cm³/mol. The Hall–Kier alpha value is -2.77. The number of nitro groups is 1. The summed E-state index contributed by atoms with van der Waals surface area (Å²) in [7, 11) is 0. The predicted octanol–water partition coefficient (Wildman–Crippen LogP) is 1.91. The van der Waals surface area contributed by atoms with Crippen LogP contribution in [-0.2, 0) is 17.8 Å². The molecule has 0 aliphatic heterocycles. The molecule has 0 fully saturated rings. The molecule has 2 rings (SSSR count). The lowest BCUT2D eigenvalue weighted by molar-refractivity contribution is -0.386. The van der Waals surface area contributed by atoms with Gasteiger partial charge in [0.1, 0.15) is 23.7 Å². The van der Waals surface area contributed by atoms with Gasteiger partial charge < -0.3 is 5.32 Å². The molecule has 1 N–H and O–H groups in total. The van der Waals surface area contributed by atoms with Crippen LogP contribution in [0.3, 0.4) is 0 Å². The molecule has 0 aliphatic carbocycles. The van der Waals surface area contributed by atoms with Gasteiger partial charge in [0, 0.05) is 6.54 Å². The van der Waals surface area contributed by atoms with Crippen molar-refractivity contribution in [3.8, 4) is 0 Å². The minimum atomic E-state index is -0.499. The second-order valence-corrected chi connectivity index (χ2v) is 5.16. The molecule has 0 spiro atoms. The average molecular weight is 320 g/mol. The average Bonchev–Trinajstić information content (AvgIpc) is 2.75. The standard InChI is InChI=1S/C15H17FN4O3/c1-10-15(20(22)23)11(2)19(18-10)9-14(21)17-8-7-12-3-5-13(16)6-4-12/h3-6H,7-9H2,1-2H3,(H,17,21). The molecule has 1 aromatic heterocycles. The third-order valence-electron chi connectivity index (χ3n) is 3.47. The normalized spacial score (nSPS) is 10.6. The summed E-state index contributed by atoms with van der Waals surface area (Å²) in [5.74, 6) is -0.587. The molecular formula is C15H17FN4O3. The number of carbonyl (C=O) groups excluding carboxylic acids is 1. The van der Waals surface area contributed by atoms with Crippen LogP contribution >= 0.6 is 0 Å². The minimum Gasteiger partial charge on any atom is -0.354 e. The van der Waals surface area contributed by atoms with Crippen molar-refractivity contribution in [2.45, 2.75) is 26.8 Å². The fraction of sp³-hybridized carbons (Fsp3) is 0.333. The first-order chi connectivity index (χ1) is 10.9. The highest BCUT2D eigenvalue weighted by molar-refractivity contribution is 5.75. The lowest BCUT2D eigenvalue weighted by Gasteiger charge is -2.06. The Morgan fingerprint density at radius 3 is 2.57 bits per heavy atom. The zero-order chi connectivity index (χ0) is 17.0. The first-order valence-electron chi connectivity index (χ1n) is 7.08. The third kappa shape index (κ3) is 4.12. The zero-order valence-electron chi connectivity index (χ0n) is 12.9. The molecule has 0 saturated heterocycles. The molecule has 0 radical (unpaired) electrons. The number of hydrogen-bond acceptors (Lipinski definition) is 4. The number of hydrogen-bond donors (Lipinski definition) is 1. The van der Waals surface area contributed by atoms with Crippen LogP contribution in [0.4, 0.5) is 10.1 Å². The molecule has 1 aromatic carbocycles. The van der Waals surface area contributed by atoms with E-state index in [-0.39, 0.29) is 29.7 Å². The highest BCUT2D eigenvalue weighted by atomic mass is 19.1. The number of amides is 1. The largest absolute Gasteiger partial charge is 0.354 e. The number of rotatable bonds is 6. The Morgan fingerprint density at radius 2 is 2.00 bits per heavy atom. The maximum atomic E-state index is 12.8. The van der Waals surface area contributed by atoms with Gasteiger partial charge >= 0.3 is 5.69 Å². The minimum absolute atomic E-state index is 0.0656. The van der Waals surface area contributed by atoms with Gasteiger partial charge in [-0.2, -0.15) is 5.10 Å². The first kappa shape index (κ1) is 16.6. The van der Waals surface area contributed by atoms with Crippen LogP contribution in [0.15, 0.2) is 24.3 Å². The van der Waals surface area contributed by atoms with Crippen molar-refractivity contribution in [1.82, 2.24) is 15.1 Å². The summed E-state index contributed by atoms with van der Waals surface area (Å²) in [5.41, 5.74) is 1.48. The highest BCUT2D eigenvalue weighted by Crippen LogP contribution is 2.21. The maximum Gasteiger partial charge on any atom is 0.312 e. The first-order valence-corrected chi connectivity index (χ1v) is 7.08. The van der Waals surface area contributed by atoms with Gasteiger partial charge in [0.2, 0.25) is 5.91 Å². The molecule has 0 unspecified atom stereocenters. The topological polar surface area (TPSA) is 90.1 Å². The molecule has 7 nitrogen and oxygen atoms in total. The van der Waals surface area contributed by atoms with Gasteiger partial charge in [-0.3, -0.25) is 19.6 Å². The van der Waals surface area contributed by atoms with Crippen LogP contribution < -0.4 is 5.32 Å². The van der Waals surface area contributed by atoms with E-state index in [1.165, 1.54) is 23.7 Å². The zero-order valence-corrected chi connectivity index (χ0v) is 12.9. The fourth-order valence-electron chi connectivity index (χ4n) is 2.29. The second-order valence-electron chi connectivity index (χ2n) is 5.16. The van der Waals surface area contributed by atoms with E-state index in [4.69, 9.17) is 0 Å². The fourth-order valence-corrected chi connectivity index (χ4v) is 2.29. The van der Waals surface area contributed by atoms with Crippen LogP contribution in [0.2, 0.25) is 0 Å². The van der Waals surface area contributed by atoms with Crippen LogP contribution in [0.1, 0.15) is 17.0 Å². The van der Waals surface area contributed by atoms with E-state index in [1.54, 1.807) is 19.1 Å². The Labute approximate surface area is 132 Å². The number of benzene rings is 1. The molecule has 8 heteroatoms. The van der Waals surface area contributed by atoms with Crippen LogP contribution in [0, 0.1) is 29.8 Å². The Balaban J connectivity index is 1.89. The molecule has 0 atom stereocenters. The number of halogens is 1. The highest BCUT2D eigenvalue weighted by Gasteiger charge is 2.22. The molecule has 122 valence electrons. The van der Waals surface area contributed by atoms with E-state index in [1.807, 2.05) is 0 Å². The van der Waals surface area contributed by atoms with Gasteiger partial charge in [0.25, 0.3) is 0 Å². The van der Waals surface area contributed by atoms with E-state index >= 15 is 0 Å². The van der Waals surface area contributed by atoms with Gasteiger partial charge in [-0.1, -0.05) is 12.1 Å². The summed E-state index contributed by atoms with van der Waals surface area (Å²) in [6.07, 6.45) is 0.573. The molecule has 0 aliphatic rings. The van der Waals surface area contributed by atoms with E-state index in [0.717, 1.165) is 5.56 Å². The smallest absolute Gasteiger partial charge is 0.312 e. The van der Waals surface area contributed by atoms with Gasteiger partial charge in [-0.25, -0.2) is 4.39 Å². The number of aryl methyl sites for hydroxylation is 1. The van der Waals surface area contributed by atoms with Crippen molar-refractivity contribution in [2.75, 3.05) is 6.54 Å². The van der Waals surface area contributed by atoms with Crippen molar-refractivity contribution >= 4 is 11.6 Å². The Bertz CT molecular complexity index is 725. The van der Waals surface area contributed by atoms with Crippen LogP contribution in [0.5, 0.6) is 0 Å². The summed E-state index contributed by atoms with van der Waals surface area (Å²) < 4.78 is 14.1. The SMILES string of the molecule is Cc1nn(CC(=O)NCCc2ccc(F)cc2)c(C)c1[N+](=O)[O-]. The van der Waals surface area contributed by atoms with E-state index in [0.29, 0.717) is 18.7 Å². The monoisotopic (exact) mass is 320 g/mol. The maximum absolute atomic E-state index is 12.8. The molecule has 0 saturated carbocycles. The number of carbonyl (C=O) groups is 1. The van der Waals surface area contributed by atoms with Crippen molar-refractivity contribution < 1.29 is 14.1 Å². The van der Waals surface area contributed by atoms with Gasteiger partial charge in [0.05, 0.1) is 4.92 Å². The Kier molecular flexibility index (Phi) is 5.05. The summed E-state index contributed by atoms with van der Waals surface area (Å²) in [6, 6.07) is 6.05. The van der Waals surface area contributed by atoms with E-state index < -0.39 is 4.92 Å². The molecule has 0 bridgehead atoms. The molecule has 23 heavy (non-hydrogen) atoms. The van der Waals surface area contributed by atoms with Gasteiger partial charge in [-0.05, 0) is 38.0 Å². The molecule has 1 heterocycles. The lowest BCUT2D eigenvalue weighted by atomic mass is 10.1. The quantitative estimate of drug-likeness (QED) is 0.650. The number of nitrogens with zero attached hydrogens (tertiary/aromatic N) is 3. The number of aromatic nitrogens is 2. The summed E-state index contributed by atoms with van der Waals surface area (Å²) >= 11 is 0. The summed E-state index contributed by atoms with van der Waals surface area (Å²) in [5, 5.41) is 17.7. The van der Waals surface area contributed by atoms with Crippen molar-refractivity contribution in [3.63, 3.8) is 0 Å². The Morgan fingerprint density at radius 1 is 1.35 bits per heavy atom.